The molecule has 0 fully saturated rings. The number of carbonyl (C=O) groups excluding carboxylic acids is 1. The summed E-state index contributed by atoms with van der Waals surface area (Å²) in [5.74, 6) is -0.0766. The number of halogens is 1. The molecule has 0 spiro atoms. The molecule has 0 radical (unpaired) electrons. The van der Waals surface area contributed by atoms with E-state index in [0.29, 0.717) is 21.2 Å². The lowest BCUT2D eigenvalue weighted by Crippen LogP contribution is -1.90. The summed E-state index contributed by atoms with van der Waals surface area (Å²) in [6, 6.07) is 4.57. The SMILES string of the molecule is COc1cccc(F)c1-c1ncc(C(C)=O)s1. The molecular weight excluding hydrogens is 241 g/mol. The van der Waals surface area contributed by atoms with E-state index in [1.807, 2.05) is 0 Å². The summed E-state index contributed by atoms with van der Waals surface area (Å²) in [6.45, 7) is 1.45. The topological polar surface area (TPSA) is 39.2 Å². The zero-order valence-electron chi connectivity index (χ0n) is 9.36. The maximum absolute atomic E-state index is 13.7. The van der Waals surface area contributed by atoms with Crippen molar-refractivity contribution in [3.8, 4) is 16.3 Å². The first kappa shape index (κ1) is 11.7. The zero-order chi connectivity index (χ0) is 12.4. The molecular formula is C12H10FNO2S. The summed E-state index contributed by atoms with van der Waals surface area (Å²) in [7, 11) is 1.47. The van der Waals surface area contributed by atoms with Gasteiger partial charge in [0.25, 0.3) is 0 Å². The first-order chi connectivity index (χ1) is 8.13. The van der Waals surface area contributed by atoms with E-state index >= 15 is 0 Å². The predicted molar refractivity (Wildman–Crippen MR) is 64.1 cm³/mol. The number of aromatic nitrogens is 1. The molecule has 2 rings (SSSR count). The number of rotatable bonds is 3. The lowest BCUT2D eigenvalue weighted by atomic mass is 10.2. The smallest absolute Gasteiger partial charge is 0.171 e. The van der Waals surface area contributed by atoms with Gasteiger partial charge in [-0.2, -0.15) is 0 Å². The summed E-state index contributed by atoms with van der Waals surface area (Å²) >= 11 is 1.16. The molecule has 1 aromatic heterocycles. The van der Waals surface area contributed by atoms with Gasteiger partial charge in [0.2, 0.25) is 0 Å². The standard InChI is InChI=1S/C12H10FNO2S/c1-7(15)10-6-14-12(17-10)11-8(13)4-3-5-9(11)16-2/h3-6H,1-2H3. The van der Waals surface area contributed by atoms with Gasteiger partial charge in [-0.1, -0.05) is 6.07 Å². The second-order valence-electron chi connectivity index (χ2n) is 3.40. The Morgan fingerprint density at radius 2 is 2.24 bits per heavy atom. The van der Waals surface area contributed by atoms with Crippen LogP contribution in [0.5, 0.6) is 5.75 Å². The number of hydrogen-bond donors (Lipinski definition) is 0. The molecule has 1 aromatic carbocycles. The van der Waals surface area contributed by atoms with Crippen LogP contribution < -0.4 is 4.74 Å². The Morgan fingerprint density at radius 3 is 2.82 bits per heavy atom. The summed E-state index contributed by atoms with van der Waals surface area (Å²) in [5, 5.41) is 0.449. The van der Waals surface area contributed by atoms with Crippen molar-refractivity contribution in [1.82, 2.24) is 4.98 Å². The Morgan fingerprint density at radius 1 is 1.47 bits per heavy atom. The van der Waals surface area contributed by atoms with E-state index in [1.165, 1.54) is 26.3 Å². The molecule has 2 aromatic rings. The first-order valence-corrected chi connectivity index (χ1v) is 5.74. The highest BCUT2D eigenvalue weighted by molar-refractivity contribution is 7.17. The summed E-state index contributed by atoms with van der Waals surface area (Å²) in [6.07, 6.45) is 1.45. The van der Waals surface area contributed by atoms with Crippen LogP contribution in [-0.2, 0) is 0 Å². The number of ether oxygens (including phenoxy) is 1. The number of Topliss-reactive ketones (excluding diaryl/α,β-unsaturated/α-hetero) is 1. The maximum Gasteiger partial charge on any atom is 0.171 e. The van der Waals surface area contributed by atoms with Gasteiger partial charge in [0.15, 0.2) is 5.78 Å². The fraction of sp³-hybridized carbons (Fsp3) is 0.167. The van der Waals surface area contributed by atoms with Crippen LogP contribution >= 0.6 is 11.3 Å². The molecule has 1 heterocycles. The minimum Gasteiger partial charge on any atom is -0.496 e. The van der Waals surface area contributed by atoms with E-state index in [-0.39, 0.29) is 5.78 Å². The zero-order valence-corrected chi connectivity index (χ0v) is 10.2. The van der Waals surface area contributed by atoms with Gasteiger partial charge in [-0.05, 0) is 12.1 Å². The third kappa shape index (κ3) is 2.19. The Labute approximate surface area is 102 Å². The summed E-state index contributed by atoms with van der Waals surface area (Å²) < 4.78 is 18.8. The van der Waals surface area contributed by atoms with Crippen LogP contribution in [0.25, 0.3) is 10.6 Å². The molecule has 0 amide bonds. The van der Waals surface area contributed by atoms with Crippen molar-refractivity contribution < 1.29 is 13.9 Å². The fourth-order valence-corrected chi connectivity index (χ4v) is 2.30. The molecule has 3 nitrogen and oxygen atoms in total. The molecule has 0 saturated heterocycles. The number of ketones is 1. The molecule has 0 bridgehead atoms. The first-order valence-electron chi connectivity index (χ1n) is 4.93. The van der Waals surface area contributed by atoms with Gasteiger partial charge in [0, 0.05) is 13.1 Å². The van der Waals surface area contributed by atoms with Crippen molar-refractivity contribution in [2.45, 2.75) is 6.92 Å². The molecule has 0 unspecified atom stereocenters. The maximum atomic E-state index is 13.7. The molecule has 5 heteroatoms. The van der Waals surface area contributed by atoms with Crippen LogP contribution in [0.3, 0.4) is 0 Å². The van der Waals surface area contributed by atoms with Gasteiger partial charge in [0.05, 0.1) is 17.6 Å². The molecule has 0 aliphatic carbocycles. The average molecular weight is 251 g/mol. The highest BCUT2D eigenvalue weighted by Gasteiger charge is 2.16. The molecule has 17 heavy (non-hydrogen) atoms. The van der Waals surface area contributed by atoms with E-state index in [0.717, 1.165) is 11.3 Å². The molecule has 0 aliphatic heterocycles. The molecule has 0 N–H and O–H groups in total. The van der Waals surface area contributed by atoms with Crippen LogP contribution in [0, 0.1) is 5.82 Å². The molecule has 0 saturated carbocycles. The largest absolute Gasteiger partial charge is 0.496 e. The van der Waals surface area contributed by atoms with E-state index < -0.39 is 5.82 Å². The van der Waals surface area contributed by atoms with Crippen molar-refractivity contribution in [1.29, 1.82) is 0 Å². The van der Waals surface area contributed by atoms with Gasteiger partial charge in [-0.25, -0.2) is 9.37 Å². The fourth-order valence-electron chi connectivity index (χ4n) is 1.43. The van der Waals surface area contributed by atoms with Gasteiger partial charge in [-0.15, -0.1) is 11.3 Å². The summed E-state index contributed by atoms with van der Waals surface area (Å²) in [4.78, 5) is 15.7. The van der Waals surface area contributed by atoms with E-state index in [1.54, 1.807) is 12.1 Å². The van der Waals surface area contributed by atoms with Gasteiger partial charge in [0.1, 0.15) is 16.6 Å². The van der Waals surface area contributed by atoms with Crippen LogP contribution in [0.1, 0.15) is 16.6 Å². The highest BCUT2D eigenvalue weighted by atomic mass is 32.1. The van der Waals surface area contributed by atoms with Crippen molar-refractivity contribution in [2.24, 2.45) is 0 Å². The van der Waals surface area contributed by atoms with E-state index in [4.69, 9.17) is 4.74 Å². The lowest BCUT2D eigenvalue weighted by molar-refractivity contribution is 0.102. The number of methoxy groups -OCH3 is 1. The van der Waals surface area contributed by atoms with Gasteiger partial charge < -0.3 is 4.74 Å². The van der Waals surface area contributed by atoms with Crippen molar-refractivity contribution in [3.63, 3.8) is 0 Å². The van der Waals surface area contributed by atoms with Crippen LogP contribution in [-0.4, -0.2) is 17.9 Å². The average Bonchev–Trinajstić information content (AvgIpc) is 2.77. The van der Waals surface area contributed by atoms with Gasteiger partial charge >= 0.3 is 0 Å². The summed E-state index contributed by atoms with van der Waals surface area (Å²) in [5.41, 5.74) is 0.299. The van der Waals surface area contributed by atoms with Crippen LogP contribution in [0.15, 0.2) is 24.4 Å². The predicted octanol–water partition coefficient (Wildman–Crippen LogP) is 3.16. The molecule has 0 aliphatic rings. The number of carbonyl (C=O) groups is 1. The number of nitrogens with zero attached hydrogens (tertiary/aromatic N) is 1. The number of thiazole rings is 1. The van der Waals surface area contributed by atoms with E-state index in [2.05, 4.69) is 4.98 Å². The minimum absolute atomic E-state index is 0.0796. The highest BCUT2D eigenvalue weighted by Crippen LogP contribution is 2.35. The van der Waals surface area contributed by atoms with Crippen LogP contribution in [0.2, 0.25) is 0 Å². The van der Waals surface area contributed by atoms with Crippen molar-refractivity contribution >= 4 is 17.1 Å². The second-order valence-corrected chi connectivity index (χ2v) is 4.43. The Bertz CT molecular complexity index is 565. The van der Waals surface area contributed by atoms with Crippen LogP contribution in [0.4, 0.5) is 4.39 Å². The molecule has 0 atom stereocenters. The minimum atomic E-state index is -0.409. The number of hydrogen-bond acceptors (Lipinski definition) is 4. The Hall–Kier alpha value is -1.75. The normalized spacial score (nSPS) is 10.3. The second kappa shape index (κ2) is 4.63. The third-order valence-corrected chi connectivity index (χ3v) is 3.38. The lowest BCUT2D eigenvalue weighted by Gasteiger charge is -2.06. The van der Waals surface area contributed by atoms with Gasteiger partial charge in [-0.3, -0.25) is 4.79 Å². The quantitative estimate of drug-likeness (QED) is 0.786. The molecule has 88 valence electrons. The third-order valence-electron chi connectivity index (χ3n) is 2.26. The number of benzene rings is 1. The van der Waals surface area contributed by atoms with Crippen molar-refractivity contribution in [3.05, 3.63) is 35.1 Å². The van der Waals surface area contributed by atoms with Crippen molar-refractivity contribution in [2.75, 3.05) is 7.11 Å². The Kier molecular flexibility index (Phi) is 3.19. The Balaban J connectivity index is 2.55. The monoisotopic (exact) mass is 251 g/mol. The van der Waals surface area contributed by atoms with E-state index in [9.17, 15) is 9.18 Å².